The lowest BCUT2D eigenvalue weighted by Crippen LogP contribution is -1.99. The van der Waals surface area contributed by atoms with Crippen LogP contribution in [0.5, 0.6) is 0 Å². The molecule has 0 aliphatic rings. The van der Waals surface area contributed by atoms with Crippen LogP contribution < -0.4 is 0 Å². The van der Waals surface area contributed by atoms with Crippen molar-refractivity contribution >= 4 is 22.6 Å². The maximum absolute atomic E-state index is 5.20. The van der Waals surface area contributed by atoms with Gasteiger partial charge in [0.25, 0.3) is 0 Å². The van der Waals surface area contributed by atoms with Gasteiger partial charge in [-0.1, -0.05) is 42.4 Å². The summed E-state index contributed by atoms with van der Waals surface area (Å²) in [5, 5.41) is 3.81. The molecular weight excluding hydrogens is 303 g/mol. The molecule has 0 aliphatic carbocycles. The Morgan fingerprint density at radius 2 is 2.07 bits per heavy atom. The highest BCUT2D eigenvalue weighted by atomic mass is 127. The van der Waals surface area contributed by atoms with E-state index in [2.05, 4.69) is 51.8 Å². The lowest BCUT2D eigenvalue weighted by molar-refractivity contribution is 0.360. The van der Waals surface area contributed by atoms with Crippen LogP contribution in [0.3, 0.4) is 0 Å². The molecule has 0 amide bonds. The zero-order chi connectivity index (χ0) is 10.7. The van der Waals surface area contributed by atoms with E-state index in [1.54, 1.807) is 0 Å². The van der Waals surface area contributed by atoms with Gasteiger partial charge in [-0.05, 0) is 12.0 Å². The molecule has 2 aromatic rings. The second kappa shape index (κ2) is 4.74. The minimum absolute atomic E-state index is 0.210. The average molecular weight is 314 g/mol. The summed E-state index contributed by atoms with van der Waals surface area (Å²) in [6.07, 6.45) is 0.961. The predicted molar refractivity (Wildman–Crippen MR) is 65.6 cm³/mol. The Hall–Kier alpha value is -0.910. The standard InChI is InChI=1S/C11H11IN2O/c1-2-9(8-6-4-3-5-7-8)10-13-11(12)14-15-10/h3-7,9H,2H2,1H3. The first kappa shape index (κ1) is 10.6. The smallest absolute Gasteiger partial charge is 0.234 e. The van der Waals surface area contributed by atoms with Crippen LogP contribution >= 0.6 is 22.6 Å². The second-order valence-electron chi connectivity index (χ2n) is 3.27. The second-order valence-corrected chi connectivity index (χ2v) is 4.24. The van der Waals surface area contributed by atoms with E-state index in [0.29, 0.717) is 9.72 Å². The Bertz CT molecular complexity index is 427. The van der Waals surface area contributed by atoms with Crippen LogP contribution in [0, 0.1) is 3.83 Å². The number of nitrogens with zero attached hydrogens (tertiary/aromatic N) is 2. The molecule has 0 saturated heterocycles. The molecule has 1 heterocycles. The topological polar surface area (TPSA) is 38.9 Å². The van der Waals surface area contributed by atoms with Crippen molar-refractivity contribution in [1.82, 2.24) is 10.1 Å². The van der Waals surface area contributed by atoms with Gasteiger partial charge in [0, 0.05) is 22.6 Å². The number of hydrogen-bond donors (Lipinski definition) is 0. The lowest BCUT2D eigenvalue weighted by atomic mass is 9.97. The number of hydrogen-bond acceptors (Lipinski definition) is 3. The predicted octanol–water partition coefficient (Wildman–Crippen LogP) is 3.22. The van der Waals surface area contributed by atoms with E-state index in [-0.39, 0.29) is 5.92 Å². The molecule has 0 fully saturated rings. The van der Waals surface area contributed by atoms with Gasteiger partial charge >= 0.3 is 0 Å². The summed E-state index contributed by atoms with van der Waals surface area (Å²) in [7, 11) is 0. The molecule has 0 spiro atoms. The molecule has 1 atom stereocenters. The molecule has 0 N–H and O–H groups in total. The van der Waals surface area contributed by atoms with Crippen LogP contribution in [0.1, 0.15) is 30.7 Å². The first-order valence-corrected chi connectivity index (χ1v) is 5.93. The zero-order valence-electron chi connectivity index (χ0n) is 8.35. The fourth-order valence-corrected chi connectivity index (χ4v) is 1.93. The van der Waals surface area contributed by atoms with Gasteiger partial charge in [-0.15, -0.1) is 0 Å². The molecule has 4 heteroatoms. The molecule has 1 unspecified atom stereocenters. The molecule has 3 nitrogen and oxygen atoms in total. The summed E-state index contributed by atoms with van der Waals surface area (Å²) in [4.78, 5) is 4.27. The number of halogens is 1. The highest BCUT2D eigenvalue weighted by molar-refractivity contribution is 14.1. The summed E-state index contributed by atoms with van der Waals surface area (Å²) in [5.41, 5.74) is 1.22. The van der Waals surface area contributed by atoms with Crippen molar-refractivity contribution < 1.29 is 4.52 Å². The van der Waals surface area contributed by atoms with Crippen LogP contribution in [0.25, 0.3) is 0 Å². The number of aromatic nitrogens is 2. The van der Waals surface area contributed by atoms with Gasteiger partial charge in [0.15, 0.2) is 0 Å². The van der Waals surface area contributed by atoms with E-state index in [1.807, 2.05) is 18.2 Å². The fraction of sp³-hybridized carbons (Fsp3) is 0.273. The van der Waals surface area contributed by atoms with Crippen molar-refractivity contribution in [1.29, 1.82) is 0 Å². The van der Waals surface area contributed by atoms with Crippen LogP contribution in [0.4, 0.5) is 0 Å². The summed E-state index contributed by atoms with van der Waals surface area (Å²) in [6.45, 7) is 2.12. The highest BCUT2D eigenvalue weighted by Gasteiger charge is 2.18. The number of benzene rings is 1. The quantitative estimate of drug-likeness (QED) is 0.817. The summed E-state index contributed by atoms with van der Waals surface area (Å²) in [5.74, 6) is 0.912. The average Bonchev–Trinajstić information content (AvgIpc) is 2.68. The Labute approximate surface area is 102 Å². The fourth-order valence-electron chi connectivity index (χ4n) is 1.60. The SMILES string of the molecule is CCC(c1ccccc1)c1nc(I)no1. The minimum atomic E-state index is 0.210. The molecule has 1 aromatic heterocycles. The van der Waals surface area contributed by atoms with E-state index >= 15 is 0 Å². The van der Waals surface area contributed by atoms with Gasteiger partial charge in [-0.2, -0.15) is 4.98 Å². The van der Waals surface area contributed by atoms with Gasteiger partial charge < -0.3 is 4.52 Å². The van der Waals surface area contributed by atoms with E-state index in [0.717, 1.165) is 6.42 Å². The van der Waals surface area contributed by atoms with Crippen LogP contribution in [-0.4, -0.2) is 10.1 Å². The van der Waals surface area contributed by atoms with Gasteiger partial charge in [0.1, 0.15) is 0 Å². The van der Waals surface area contributed by atoms with Gasteiger partial charge in [-0.3, -0.25) is 0 Å². The lowest BCUT2D eigenvalue weighted by Gasteiger charge is -2.09. The number of rotatable bonds is 3. The van der Waals surface area contributed by atoms with Crippen molar-refractivity contribution in [3.05, 3.63) is 45.6 Å². The summed E-state index contributed by atoms with van der Waals surface area (Å²) in [6, 6.07) is 10.2. The molecule has 2 rings (SSSR count). The van der Waals surface area contributed by atoms with Gasteiger partial charge in [-0.25, -0.2) is 0 Å². The molecule has 0 radical (unpaired) electrons. The zero-order valence-corrected chi connectivity index (χ0v) is 10.5. The van der Waals surface area contributed by atoms with Crippen LogP contribution in [0.15, 0.2) is 34.9 Å². The van der Waals surface area contributed by atoms with E-state index < -0.39 is 0 Å². The normalized spacial score (nSPS) is 12.7. The first-order chi connectivity index (χ1) is 7.31. The van der Waals surface area contributed by atoms with Gasteiger partial charge in [0.2, 0.25) is 9.72 Å². The van der Waals surface area contributed by atoms with Crippen molar-refractivity contribution in [2.24, 2.45) is 0 Å². The Morgan fingerprint density at radius 3 is 2.60 bits per heavy atom. The third-order valence-corrected chi connectivity index (χ3v) is 2.76. The monoisotopic (exact) mass is 314 g/mol. The Morgan fingerprint density at radius 1 is 1.33 bits per heavy atom. The van der Waals surface area contributed by atoms with E-state index in [4.69, 9.17) is 4.52 Å². The molecular formula is C11H11IN2O. The first-order valence-electron chi connectivity index (χ1n) is 4.85. The Kier molecular flexibility index (Phi) is 3.35. The Balaban J connectivity index is 2.33. The van der Waals surface area contributed by atoms with Crippen molar-refractivity contribution in [2.75, 3.05) is 0 Å². The molecule has 78 valence electrons. The summed E-state index contributed by atoms with van der Waals surface area (Å²) < 4.78 is 5.87. The minimum Gasteiger partial charge on any atom is -0.338 e. The maximum atomic E-state index is 5.20. The molecule has 0 aliphatic heterocycles. The van der Waals surface area contributed by atoms with E-state index in [9.17, 15) is 0 Å². The van der Waals surface area contributed by atoms with Crippen molar-refractivity contribution in [3.63, 3.8) is 0 Å². The van der Waals surface area contributed by atoms with Crippen molar-refractivity contribution in [2.45, 2.75) is 19.3 Å². The molecule has 0 saturated carbocycles. The third kappa shape index (κ3) is 2.37. The molecule has 15 heavy (non-hydrogen) atoms. The van der Waals surface area contributed by atoms with Crippen LogP contribution in [-0.2, 0) is 0 Å². The highest BCUT2D eigenvalue weighted by Crippen LogP contribution is 2.26. The largest absolute Gasteiger partial charge is 0.338 e. The van der Waals surface area contributed by atoms with Crippen molar-refractivity contribution in [3.8, 4) is 0 Å². The summed E-state index contributed by atoms with van der Waals surface area (Å²) >= 11 is 2.05. The van der Waals surface area contributed by atoms with Crippen LogP contribution in [0.2, 0.25) is 0 Å². The van der Waals surface area contributed by atoms with Gasteiger partial charge in [0.05, 0.1) is 5.92 Å². The molecule has 0 bridgehead atoms. The molecule has 1 aromatic carbocycles. The third-order valence-electron chi connectivity index (χ3n) is 2.33. The van der Waals surface area contributed by atoms with E-state index in [1.165, 1.54) is 5.56 Å². The maximum Gasteiger partial charge on any atom is 0.234 e.